The van der Waals surface area contributed by atoms with Crippen LogP contribution in [0.2, 0.25) is 0 Å². The van der Waals surface area contributed by atoms with Crippen molar-refractivity contribution in [3.05, 3.63) is 12.2 Å². The number of aliphatic carboxylic acids is 1. The SMILES string of the molecule is CC1(C)CC1(C=C(F)F)C(=O)O. The zero-order valence-electron chi connectivity index (χ0n) is 6.90. The molecule has 1 aliphatic rings. The summed E-state index contributed by atoms with van der Waals surface area (Å²) < 4.78 is 23.7. The maximum Gasteiger partial charge on any atom is 0.314 e. The molecule has 0 saturated heterocycles. The summed E-state index contributed by atoms with van der Waals surface area (Å²) in [6.45, 7) is 3.33. The topological polar surface area (TPSA) is 37.3 Å². The minimum absolute atomic E-state index is 0.284. The Balaban J connectivity index is 2.95. The molecular weight excluding hydrogens is 166 g/mol. The third-order valence-electron chi connectivity index (χ3n) is 2.54. The fourth-order valence-electron chi connectivity index (χ4n) is 1.51. The molecule has 1 unspecified atom stereocenters. The summed E-state index contributed by atoms with van der Waals surface area (Å²) in [5, 5.41) is 8.71. The molecule has 2 nitrogen and oxygen atoms in total. The fourth-order valence-corrected chi connectivity index (χ4v) is 1.51. The van der Waals surface area contributed by atoms with Crippen molar-refractivity contribution >= 4 is 5.97 Å². The molecule has 1 aliphatic carbocycles. The van der Waals surface area contributed by atoms with Gasteiger partial charge >= 0.3 is 5.97 Å². The van der Waals surface area contributed by atoms with E-state index in [1.165, 1.54) is 0 Å². The quantitative estimate of drug-likeness (QED) is 0.700. The molecule has 12 heavy (non-hydrogen) atoms. The van der Waals surface area contributed by atoms with E-state index >= 15 is 0 Å². The first-order valence-corrected chi connectivity index (χ1v) is 3.59. The van der Waals surface area contributed by atoms with Crippen LogP contribution in [0.4, 0.5) is 8.78 Å². The first-order valence-electron chi connectivity index (χ1n) is 3.59. The fraction of sp³-hybridized carbons (Fsp3) is 0.625. The lowest BCUT2D eigenvalue weighted by atomic mass is 9.96. The maximum atomic E-state index is 11.9. The van der Waals surface area contributed by atoms with E-state index in [0.29, 0.717) is 6.08 Å². The smallest absolute Gasteiger partial charge is 0.314 e. The van der Waals surface area contributed by atoms with Crippen LogP contribution >= 0.6 is 0 Å². The zero-order valence-corrected chi connectivity index (χ0v) is 6.90. The highest BCUT2D eigenvalue weighted by atomic mass is 19.3. The van der Waals surface area contributed by atoms with Gasteiger partial charge in [0, 0.05) is 0 Å². The lowest BCUT2D eigenvalue weighted by molar-refractivity contribution is -0.142. The number of halogens is 2. The van der Waals surface area contributed by atoms with Crippen LogP contribution in [0, 0.1) is 10.8 Å². The predicted octanol–water partition coefficient (Wildman–Crippen LogP) is 2.27. The van der Waals surface area contributed by atoms with Crippen LogP contribution in [-0.2, 0) is 4.79 Å². The van der Waals surface area contributed by atoms with E-state index in [2.05, 4.69) is 0 Å². The van der Waals surface area contributed by atoms with E-state index in [4.69, 9.17) is 5.11 Å². The molecule has 0 aromatic rings. The Morgan fingerprint density at radius 2 is 1.92 bits per heavy atom. The molecule has 1 rings (SSSR count). The molecule has 1 fully saturated rings. The van der Waals surface area contributed by atoms with Gasteiger partial charge in [-0.1, -0.05) is 13.8 Å². The van der Waals surface area contributed by atoms with Gasteiger partial charge in [-0.25, -0.2) is 0 Å². The van der Waals surface area contributed by atoms with Crippen molar-refractivity contribution in [2.45, 2.75) is 20.3 Å². The lowest BCUT2D eigenvalue weighted by Crippen LogP contribution is -2.18. The van der Waals surface area contributed by atoms with E-state index in [0.717, 1.165) is 0 Å². The molecule has 4 heteroatoms. The molecule has 0 aromatic heterocycles. The second kappa shape index (κ2) is 2.28. The van der Waals surface area contributed by atoms with Crippen molar-refractivity contribution in [3.63, 3.8) is 0 Å². The summed E-state index contributed by atoms with van der Waals surface area (Å²) in [5.41, 5.74) is -1.87. The summed E-state index contributed by atoms with van der Waals surface area (Å²) >= 11 is 0. The van der Waals surface area contributed by atoms with Gasteiger partial charge in [-0.2, -0.15) is 8.78 Å². The van der Waals surface area contributed by atoms with E-state index in [1.54, 1.807) is 13.8 Å². The van der Waals surface area contributed by atoms with Crippen LogP contribution in [0.5, 0.6) is 0 Å². The van der Waals surface area contributed by atoms with Gasteiger partial charge in [-0.15, -0.1) is 0 Å². The normalized spacial score (nSPS) is 31.0. The van der Waals surface area contributed by atoms with Crippen molar-refractivity contribution in [3.8, 4) is 0 Å². The molecule has 1 N–H and O–H groups in total. The van der Waals surface area contributed by atoms with Crippen LogP contribution in [0.1, 0.15) is 20.3 Å². The van der Waals surface area contributed by atoms with Crippen molar-refractivity contribution in [1.29, 1.82) is 0 Å². The number of hydrogen-bond donors (Lipinski definition) is 1. The van der Waals surface area contributed by atoms with Gasteiger partial charge in [0.1, 0.15) is 0 Å². The number of carbonyl (C=O) groups is 1. The third-order valence-corrected chi connectivity index (χ3v) is 2.54. The van der Waals surface area contributed by atoms with Crippen LogP contribution < -0.4 is 0 Å². The first kappa shape index (κ1) is 9.16. The Hall–Kier alpha value is -0.930. The zero-order chi connectivity index (χ0) is 9.57. The predicted molar refractivity (Wildman–Crippen MR) is 38.8 cm³/mol. The second-order valence-corrected chi connectivity index (χ2v) is 3.77. The molecule has 1 atom stereocenters. The summed E-state index contributed by atoms with van der Waals surface area (Å²) in [7, 11) is 0. The number of carboxylic acids is 1. The summed E-state index contributed by atoms with van der Waals surface area (Å²) in [4.78, 5) is 10.7. The van der Waals surface area contributed by atoms with Gasteiger partial charge in [0.05, 0.1) is 5.41 Å². The van der Waals surface area contributed by atoms with Gasteiger partial charge in [-0.3, -0.25) is 4.79 Å². The van der Waals surface area contributed by atoms with Crippen LogP contribution in [0.15, 0.2) is 12.2 Å². The second-order valence-electron chi connectivity index (χ2n) is 3.77. The Morgan fingerprint density at radius 1 is 1.50 bits per heavy atom. The Bertz CT molecular complexity index is 254. The highest BCUT2D eigenvalue weighted by Crippen LogP contribution is 2.64. The lowest BCUT2D eigenvalue weighted by Gasteiger charge is -2.08. The van der Waals surface area contributed by atoms with Gasteiger partial charge < -0.3 is 5.11 Å². The van der Waals surface area contributed by atoms with E-state index in [1.807, 2.05) is 0 Å². The van der Waals surface area contributed by atoms with Gasteiger partial charge in [0.2, 0.25) is 0 Å². The Labute approximate surface area is 68.9 Å². The van der Waals surface area contributed by atoms with Gasteiger partial charge in [-0.05, 0) is 17.9 Å². The molecule has 0 aliphatic heterocycles. The molecule has 0 aromatic carbocycles. The number of rotatable bonds is 2. The van der Waals surface area contributed by atoms with Crippen LogP contribution in [-0.4, -0.2) is 11.1 Å². The largest absolute Gasteiger partial charge is 0.481 e. The first-order chi connectivity index (χ1) is 5.32. The highest BCUT2D eigenvalue weighted by Gasteiger charge is 2.66. The van der Waals surface area contributed by atoms with Crippen molar-refractivity contribution < 1.29 is 18.7 Å². The average molecular weight is 176 g/mol. The monoisotopic (exact) mass is 176 g/mol. The molecule has 0 bridgehead atoms. The molecule has 0 amide bonds. The maximum absolute atomic E-state index is 11.9. The van der Waals surface area contributed by atoms with Crippen molar-refractivity contribution in [1.82, 2.24) is 0 Å². The minimum atomic E-state index is -1.91. The summed E-state index contributed by atoms with van der Waals surface area (Å²) in [5.74, 6) is -1.17. The third kappa shape index (κ3) is 1.11. The van der Waals surface area contributed by atoms with Crippen molar-refractivity contribution in [2.75, 3.05) is 0 Å². The van der Waals surface area contributed by atoms with E-state index < -0.39 is 22.9 Å². The summed E-state index contributed by atoms with van der Waals surface area (Å²) in [6, 6.07) is 0. The molecule has 0 heterocycles. The summed E-state index contributed by atoms with van der Waals surface area (Å²) in [6.07, 6.45) is -1.08. The Kier molecular flexibility index (Phi) is 1.74. The molecule has 0 radical (unpaired) electrons. The molecule has 1 saturated carbocycles. The molecular formula is C8H10F2O2. The van der Waals surface area contributed by atoms with Gasteiger partial charge in [0.15, 0.2) is 0 Å². The molecule has 68 valence electrons. The number of carboxylic acid groups (broad SMARTS) is 1. The van der Waals surface area contributed by atoms with E-state index in [-0.39, 0.29) is 6.42 Å². The van der Waals surface area contributed by atoms with Crippen LogP contribution in [0.25, 0.3) is 0 Å². The Morgan fingerprint density at radius 3 is 2.00 bits per heavy atom. The van der Waals surface area contributed by atoms with E-state index in [9.17, 15) is 13.6 Å². The van der Waals surface area contributed by atoms with Gasteiger partial charge in [0.25, 0.3) is 6.08 Å². The number of hydrogen-bond acceptors (Lipinski definition) is 1. The van der Waals surface area contributed by atoms with Crippen molar-refractivity contribution in [2.24, 2.45) is 10.8 Å². The minimum Gasteiger partial charge on any atom is -0.481 e. The van der Waals surface area contributed by atoms with Crippen LogP contribution in [0.3, 0.4) is 0 Å². The highest BCUT2D eigenvalue weighted by molar-refractivity contribution is 5.82. The molecule has 0 spiro atoms. The standard InChI is InChI=1S/C8H10F2O2/c1-7(2)4-8(7,6(11)12)3-5(9)10/h3H,4H2,1-2H3,(H,11,12). The average Bonchev–Trinajstić information content (AvgIpc) is 2.33.